The predicted molar refractivity (Wildman–Crippen MR) is 93.3 cm³/mol. The van der Waals surface area contributed by atoms with E-state index < -0.39 is 4.92 Å². The zero-order chi connectivity index (χ0) is 18.1. The van der Waals surface area contributed by atoms with Crippen LogP contribution in [0.2, 0.25) is 5.02 Å². The number of hydrogen-bond acceptors (Lipinski definition) is 6. The summed E-state index contributed by atoms with van der Waals surface area (Å²) in [6.07, 6.45) is 1.48. The minimum Gasteiger partial charge on any atom is -0.466 e. The maximum absolute atomic E-state index is 10.9. The van der Waals surface area contributed by atoms with Crippen molar-refractivity contribution in [3.8, 4) is 11.5 Å². The van der Waals surface area contributed by atoms with E-state index in [2.05, 4.69) is 10.2 Å². The zero-order valence-corrected chi connectivity index (χ0v) is 14.6. The van der Waals surface area contributed by atoms with E-state index in [-0.39, 0.29) is 27.5 Å². The first-order chi connectivity index (χ1) is 11.8. The van der Waals surface area contributed by atoms with Gasteiger partial charge in [-0.2, -0.15) is 0 Å². The molecule has 9 heteroatoms. The third-order valence-electron chi connectivity index (χ3n) is 3.36. The van der Waals surface area contributed by atoms with Gasteiger partial charge in [0, 0.05) is 6.07 Å². The number of aryl methyl sites for hydroxylation is 2. The highest BCUT2D eigenvalue weighted by molar-refractivity contribution is 6.50. The third kappa shape index (κ3) is 3.57. The van der Waals surface area contributed by atoms with Gasteiger partial charge in [-0.05, 0) is 37.6 Å². The van der Waals surface area contributed by atoms with E-state index in [0.717, 1.165) is 5.76 Å². The highest BCUT2D eigenvalue weighted by Crippen LogP contribution is 2.30. The lowest BCUT2D eigenvalue weighted by atomic mass is 10.2. The van der Waals surface area contributed by atoms with Gasteiger partial charge < -0.3 is 8.83 Å². The Labute approximate surface area is 152 Å². The molecule has 0 N–H and O–H groups in total. The van der Waals surface area contributed by atoms with E-state index in [0.29, 0.717) is 16.9 Å². The molecule has 0 saturated heterocycles. The van der Waals surface area contributed by atoms with Crippen LogP contribution >= 0.6 is 23.2 Å². The van der Waals surface area contributed by atoms with E-state index >= 15 is 0 Å². The van der Waals surface area contributed by atoms with Crippen molar-refractivity contribution in [2.24, 2.45) is 0 Å². The molecule has 0 aliphatic heterocycles. The lowest BCUT2D eigenvalue weighted by Crippen LogP contribution is -1.89. The number of nitrogens with zero attached hydrogens (tertiary/aromatic N) is 3. The molecule has 0 atom stereocenters. The molecule has 25 heavy (non-hydrogen) atoms. The van der Waals surface area contributed by atoms with E-state index in [4.69, 9.17) is 32.0 Å². The molecule has 7 nitrogen and oxygen atoms in total. The summed E-state index contributed by atoms with van der Waals surface area (Å²) < 4.78 is 11.0. The summed E-state index contributed by atoms with van der Waals surface area (Å²) in [5.74, 6) is 1.74. The SMILES string of the molecule is Cc1cc(-c2nnc(/C(Cl)=C/c3ccc(Cl)c([N+](=O)[O-])c3)o2)c(C)o1. The lowest BCUT2D eigenvalue weighted by molar-refractivity contribution is -0.384. The molecule has 128 valence electrons. The van der Waals surface area contributed by atoms with Gasteiger partial charge in [-0.3, -0.25) is 10.1 Å². The number of furan rings is 1. The number of benzene rings is 1. The van der Waals surface area contributed by atoms with Crippen LogP contribution in [0.25, 0.3) is 22.6 Å². The van der Waals surface area contributed by atoms with Crippen molar-refractivity contribution in [3.05, 3.63) is 62.4 Å². The molecule has 0 amide bonds. The molecule has 3 aromatic rings. The number of nitro benzene ring substituents is 1. The fourth-order valence-electron chi connectivity index (χ4n) is 2.24. The largest absolute Gasteiger partial charge is 0.466 e. The molecular weight excluding hydrogens is 369 g/mol. The Kier molecular flexibility index (Phi) is 4.61. The summed E-state index contributed by atoms with van der Waals surface area (Å²) >= 11 is 12.0. The molecular formula is C16H11Cl2N3O4. The maximum atomic E-state index is 10.9. The fraction of sp³-hybridized carbons (Fsp3) is 0.125. The second-order valence-electron chi connectivity index (χ2n) is 5.20. The van der Waals surface area contributed by atoms with Gasteiger partial charge in [-0.1, -0.05) is 29.3 Å². The molecule has 0 saturated carbocycles. The number of nitro groups is 1. The number of hydrogen-bond donors (Lipinski definition) is 0. The zero-order valence-electron chi connectivity index (χ0n) is 13.1. The van der Waals surface area contributed by atoms with Crippen molar-refractivity contribution in [2.45, 2.75) is 13.8 Å². The summed E-state index contributed by atoms with van der Waals surface area (Å²) in [4.78, 5) is 10.4. The highest BCUT2D eigenvalue weighted by atomic mass is 35.5. The van der Waals surface area contributed by atoms with Gasteiger partial charge in [0.15, 0.2) is 0 Å². The Hall–Kier alpha value is -2.64. The van der Waals surface area contributed by atoms with Crippen molar-refractivity contribution >= 4 is 40.0 Å². The average molecular weight is 380 g/mol. The van der Waals surface area contributed by atoms with Gasteiger partial charge in [-0.25, -0.2) is 0 Å². The van der Waals surface area contributed by atoms with Gasteiger partial charge in [0.05, 0.1) is 10.5 Å². The molecule has 0 radical (unpaired) electrons. The second kappa shape index (κ2) is 6.70. The molecule has 0 aliphatic carbocycles. The van der Waals surface area contributed by atoms with Crippen LogP contribution in [0.15, 0.2) is 33.1 Å². The van der Waals surface area contributed by atoms with Gasteiger partial charge in [-0.15, -0.1) is 10.2 Å². The Balaban J connectivity index is 1.92. The molecule has 0 fully saturated rings. The van der Waals surface area contributed by atoms with Crippen LogP contribution in [0.5, 0.6) is 0 Å². The van der Waals surface area contributed by atoms with Crippen LogP contribution in [0, 0.1) is 24.0 Å². The molecule has 2 heterocycles. The van der Waals surface area contributed by atoms with E-state index in [9.17, 15) is 10.1 Å². The molecule has 0 bridgehead atoms. The van der Waals surface area contributed by atoms with Crippen LogP contribution in [-0.4, -0.2) is 15.1 Å². The maximum Gasteiger partial charge on any atom is 0.288 e. The summed E-state index contributed by atoms with van der Waals surface area (Å²) in [7, 11) is 0. The van der Waals surface area contributed by atoms with Gasteiger partial charge >= 0.3 is 0 Å². The highest BCUT2D eigenvalue weighted by Gasteiger charge is 2.17. The summed E-state index contributed by atoms with van der Waals surface area (Å²) in [5.41, 5.74) is 0.953. The van der Waals surface area contributed by atoms with Crippen LogP contribution in [-0.2, 0) is 0 Å². The van der Waals surface area contributed by atoms with Crippen molar-refractivity contribution in [1.82, 2.24) is 10.2 Å². The van der Waals surface area contributed by atoms with Crippen LogP contribution in [0.4, 0.5) is 5.69 Å². The first-order valence-electron chi connectivity index (χ1n) is 7.07. The average Bonchev–Trinajstić information content (AvgIpc) is 3.15. The van der Waals surface area contributed by atoms with Crippen molar-refractivity contribution in [2.75, 3.05) is 0 Å². The van der Waals surface area contributed by atoms with Crippen LogP contribution < -0.4 is 0 Å². The van der Waals surface area contributed by atoms with Gasteiger partial charge in [0.1, 0.15) is 21.6 Å². The minimum atomic E-state index is -0.567. The molecule has 3 rings (SSSR count). The van der Waals surface area contributed by atoms with Gasteiger partial charge in [0.25, 0.3) is 17.5 Å². The second-order valence-corrected chi connectivity index (χ2v) is 6.01. The topological polar surface area (TPSA) is 95.2 Å². The van der Waals surface area contributed by atoms with Crippen molar-refractivity contribution in [1.29, 1.82) is 0 Å². The minimum absolute atomic E-state index is 0.0455. The first-order valence-corrected chi connectivity index (χ1v) is 7.83. The van der Waals surface area contributed by atoms with E-state index in [1.54, 1.807) is 19.1 Å². The van der Waals surface area contributed by atoms with Crippen molar-refractivity contribution < 1.29 is 13.8 Å². The Morgan fingerprint density at radius 3 is 2.64 bits per heavy atom. The predicted octanol–water partition coefficient (Wildman–Crippen LogP) is 5.24. The molecule has 0 unspecified atom stereocenters. The summed E-state index contributed by atoms with van der Waals surface area (Å²) in [6.45, 7) is 3.60. The summed E-state index contributed by atoms with van der Waals surface area (Å²) in [6, 6.07) is 6.11. The first kappa shape index (κ1) is 17.2. The number of halogens is 2. The Bertz CT molecular complexity index is 991. The monoisotopic (exact) mass is 379 g/mol. The standard InChI is InChI=1S/C16H11Cl2N3O4/c1-8-5-11(9(2)24-8)15-19-20-16(25-15)13(18)6-10-3-4-12(17)14(7-10)21(22)23/h3-7H,1-2H3/b13-6-. The lowest BCUT2D eigenvalue weighted by Gasteiger charge is -1.98. The molecule has 2 aromatic heterocycles. The van der Waals surface area contributed by atoms with Crippen LogP contribution in [0.1, 0.15) is 23.0 Å². The quantitative estimate of drug-likeness (QED) is 0.453. The van der Waals surface area contributed by atoms with E-state index in [1.807, 2.05) is 6.92 Å². The molecule has 0 spiro atoms. The van der Waals surface area contributed by atoms with Gasteiger partial charge in [0.2, 0.25) is 0 Å². The van der Waals surface area contributed by atoms with Crippen LogP contribution in [0.3, 0.4) is 0 Å². The third-order valence-corrected chi connectivity index (χ3v) is 3.95. The van der Waals surface area contributed by atoms with Crippen molar-refractivity contribution in [3.63, 3.8) is 0 Å². The molecule has 0 aliphatic rings. The number of aromatic nitrogens is 2. The number of rotatable bonds is 4. The summed E-state index contributed by atoms with van der Waals surface area (Å²) in [5, 5.41) is 19.0. The Morgan fingerprint density at radius 2 is 2.00 bits per heavy atom. The van der Waals surface area contributed by atoms with E-state index in [1.165, 1.54) is 18.2 Å². The normalized spacial score (nSPS) is 11.8. The smallest absolute Gasteiger partial charge is 0.288 e. The Morgan fingerprint density at radius 1 is 1.24 bits per heavy atom. The fourth-order valence-corrected chi connectivity index (χ4v) is 2.63. The molecule has 1 aromatic carbocycles.